The van der Waals surface area contributed by atoms with Crippen LogP contribution in [0.25, 0.3) is 0 Å². The van der Waals surface area contributed by atoms with Crippen molar-refractivity contribution in [2.45, 2.75) is 71.4 Å². The van der Waals surface area contributed by atoms with E-state index in [0.717, 1.165) is 12.5 Å². The lowest BCUT2D eigenvalue weighted by molar-refractivity contribution is 0.167. The van der Waals surface area contributed by atoms with Crippen LogP contribution in [0.3, 0.4) is 0 Å². The molecule has 0 spiro atoms. The molecule has 0 unspecified atom stereocenters. The highest BCUT2D eigenvalue weighted by Crippen LogP contribution is 2.36. The molecule has 0 aromatic rings. The number of piperidine rings is 1. The van der Waals surface area contributed by atoms with Gasteiger partial charge in [-0.2, -0.15) is 0 Å². The van der Waals surface area contributed by atoms with Crippen molar-refractivity contribution >= 4 is 5.96 Å². The van der Waals surface area contributed by atoms with E-state index >= 15 is 0 Å². The standard InChI is InChI=1S/C17H34N4/c1-14(2)21-11-7-15(8-12-21)20-16(18-4)19-13-17(3)9-5-6-10-17/h14-15H,5-13H2,1-4H3,(H2,18,19,20). The van der Waals surface area contributed by atoms with E-state index in [1.54, 1.807) is 0 Å². The summed E-state index contributed by atoms with van der Waals surface area (Å²) in [4.78, 5) is 6.97. The molecule has 122 valence electrons. The van der Waals surface area contributed by atoms with Crippen LogP contribution < -0.4 is 10.6 Å². The maximum Gasteiger partial charge on any atom is 0.191 e. The second kappa shape index (κ2) is 7.48. The van der Waals surface area contributed by atoms with Crippen molar-refractivity contribution in [1.29, 1.82) is 0 Å². The zero-order valence-electron chi connectivity index (χ0n) is 14.4. The molecule has 1 saturated carbocycles. The molecule has 0 radical (unpaired) electrons. The fourth-order valence-corrected chi connectivity index (χ4v) is 3.65. The third-order valence-electron chi connectivity index (χ3n) is 5.32. The Kier molecular flexibility index (Phi) is 5.91. The van der Waals surface area contributed by atoms with Gasteiger partial charge in [0.1, 0.15) is 0 Å². The molecule has 0 aromatic carbocycles. The average molecular weight is 294 g/mol. The SMILES string of the molecule is CN=C(NCC1(C)CCCC1)NC1CCN(C(C)C)CC1. The summed E-state index contributed by atoms with van der Waals surface area (Å²) in [5, 5.41) is 7.18. The van der Waals surface area contributed by atoms with Crippen molar-refractivity contribution in [2.75, 3.05) is 26.7 Å². The summed E-state index contributed by atoms with van der Waals surface area (Å²) in [6.45, 7) is 10.4. The zero-order valence-corrected chi connectivity index (χ0v) is 14.4. The van der Waals surface area contributed by atoms with Crippen molar-refractivity contribution in [1.82, 2.24) is 15.5 Å². The van der Waals surface area contributed by atoms with Crippen molar-refractivity contribution in [3.63, 3.8) is 0 Å². The largest absolute Gasteiger partial charge is 0.356 e. The predicted octanol–water partition coefficient (Wildman–Crippen LogP) is 2.60. The Morgan fingerprint density at radius 1 is 1.24 bits per heavy atom. The summed E-state index contributed by atoms with van der Waals surface area (Å²) >= 11 is 0. The average Bonchev–Trinajstić information content (AvgIpc) is 2.91. The quantitative estimate of drug-likeness (QED) is 0.618. The van der Waals surface area contributed by atoms with Crippen molar-refractivity contribution in [3.8, 4) is 0 Å². The molecule has 0 aromatic heterocycles. The summed E-state index contributed by atoms with van der Waals surface area (Å²) in [6.07, 6.45) is 7.91. The molecule has 21 heavy (non-hydrogen) atoms. The van der Waals surface area contributed by atoms with Crippen LogP contribution in [0.4, 0.5) is 0 Å². The van der Waals surface area contributed by atoms with Gasteiger partial charge in [0.25, 0.3) is 0 Å². The second-order valence-electron chi connectivity index (χ2n) is 7.49. The van der Waals surface area contributed by atoms with E-state index in [4.69, 9.17) is 0 Å². The Morgan fingerprint density at radius 2 is 1.86 bits per heavy atom. The number of rotatable bonds is 4. The van der Waals surface area contributed by atoms with Crippen molar-refractivity contribution in [2.24, 2.45) is 10.4 Å². The Bertz CT molecular complexity index is 337. The molecule has 1 aliphatic heterocycles. The van der Waals surface area contributed by atoms with Gasteiger partial charge in [-0.1, -0.05) is 19.8 Å². The minimum Gasteiger partial charge on any atom is -0.356 e. The van der Waals surface area contributed by atoms with Gasteiger partial charge in [-0.25, -0.2) is 0 Å². The maximum absolute atomic E-state index is 4.41. The highest BCUT2D eigenvalue weighted by molar-refractivity contribution is 5.80. The number of hydrogen-bond acceptors (Lipinski definition) is 2. The smallest absolute Gasteiger partial charge is 0.191 e. The first kappa shape index (κ1) is 16.6. The minimum absolute atomic E-state index is 0.471. The number of guanidine groups is 1. The van der Waals surface area contributed by atoms with Gasteiger partial charge in [-0.15, -0.1) is 0 Å². The van der Waals surface area contributed by atoms with Crippen molar-refractivity contribution in [3.05, 3.63) is 0 Å². The van der Waals surface area contributed by atoms with Crippen LogP contribution >= 0.6 is 0 Å². The Morgan fingerprint density at radius 3 is 2.38 bits per heavy atom. The van der Waals surface area contributed by atoms with E-state index in [-0.39, 0.29) is 0 Å². The van der Waals surface area contributed by atoms with E-state index in [0.29, 0.717) is 17.5 Å². The number of likely N-dealkylation sites (tertiary alicyclic amines) is 1. The normalized spacial score (nSPS) is 24.5. The minimum atomic E-state index is 0.471. The van der Waals surface area contributed by atoms with Crippen LogP contribution in [0, 0.1) is 5.41 Å². The summed E-state index contributed by atoms with van der Waals surface area (Å²) < 4.78 is 0. The molecule has 0 atom stereocenters. The predicted molar refractivity (Wildman–Crippen MR) is 90.8 cm³/mol. The highest BCUT2D eigenvalue weighted by atomic mass is 15.2. The fraction of sp³-hybridized carbons (Fsp3) is 0.941. The monoisotopic (exact) mass is 294 g/mol. The fourth-order valence-electron chi connectivity index (χ4n) is 3.65. The van der Waals surface area contributed by atoms with E-state index in [1.165, 1.54) is 51.6 Å². The molecule has 1 saturated heterocycles. The first-order chi connectivity index (χ1) is 10.0. The maximum atomic E-state index is 4.41. The van der Waals surface area contributed by atoms with E-state index < -0.39 is 0 Å². The molecular weight excluding hydrogens is 260 g/mol. The first-order valence-electron chi connectivity index (χ1n) is 8.74. The third-order valence-corrected chi connectivity index (χ3v) is 5.32. The first-order valence-corrected chi connectivity index (χ1v) is 8.74. The van der Waals surface area contributed by atoms with Gasteiger partial charge >= 0.3 is 0 Å². The van der Waals surface area contributed by atoms with Crippen LogP contribution in [-0.4, -0.2) is 49.6 Å². The van der Waals surface area contributed by atoms with E-state index in [1.807, 2.05) is 7.05 Å². The number of nitrogens with zero attached hydrogens (tertiary/aromatic N) is 2. The van der Waals surface area contributed by atoms with Crippen LogP contribution in [-0.2, 0) is 0 Å². The number of nitrogens with one attached hydrogen (secondary N) is 2. The third kappa shape index (κ3) is 4.87. The van der Waals surface area contributed by atoms with Gasteiger partial charge in [0.05, 0.1) is 0 Å². The van der Waals surface area contributed by atoms with Gasteiger partial charge in [0.2, 0.25) is 0 Å². The number of aliphatic imine (C=N–C) groups is 1. The van der Waals surface area contributed by atoms with Gasteiger partial charge < -0.3 is 15.5 Å². The molecule has 4 heteroatoms. The molecule has 0 bridgehead atoms. The van der Waals surface area contributed by atoms with Gasteiger partial charge in [-0.3, -0.25) is 4.99 Å². The lowest BCUT2D eigenvalue weighted by atomic mass is 9.89. The Hall–Kier alpha value is -0.770. The van der Waals surface area contributed by atoms with Gasteiger partial charge in [0, 0.05) is 38.8 Å². The molecule has 0 amide bonds. The molecule has 2 aliphatic rings. The van der Waals surface area contributed by atoms with Crippen LogP contribution in [0.2, 0.25) is 0 Å². The molecule has 4 nitrogen and oxygen atoms in total. The van der Waals surface area contributed by atoms with Crippen LogP contribution in [0.1, 0.15) is 59.3 Å². The second-order valence-corrected chi connectivity index (χ2v) is 7.49. The molecule has 1 heterocycles. The molecular formula is C17H34N4. The summed E-state index contributed by atoms with van der Waals surface area (Å²) in [7, 11) is 1.88. The van der Waals surface area contributed by atoms with Crippen LogP contribution in [0.15, 0.2) is 4.99 Å². The lowest BCUT2D eigenvalue weighted by Gasteiger charge is -2.35. The van der Waals surface area contributed by atoms with Crippen LogP contribution in [0.5, 0.6) is 0 Å². The topological polar surface area (TPSA) is 39.7 Å². The zero-order chi connectivity index (χ0) is 15.3. The van der Waals surface area contributed by atoms with Gasteiger partial charge in [-0.05, 0) is 44.9 Å². The Balaban J connectivity index is 1.73. The lowest BCUT2D eigenvalue weighted by Crippen LogP contribution is -2.51. The molecule has 2 N–H and O–H groups in total. The molecule has 1 aliphatic carbocycles. The number of hydrogen-bond donors (Lipinski definition) is 2. The van der Waals surface area contributed by atoms with Crippen molar-refractivity contribution < 1.29 is 0 Å². The summed E-state index contributed by atoms with van der Waals surface area (Å²) in [5.74, 6) is 0.992. The van der Waals surface area contributed by atoms with E-state index in [2.05, 4.69) is 41.3 Å². The Labute approximate surface area is 130 Å². The summed E-state index contributed by atoms with van der Waals surface area (Å²) in [5.41, 5.74) is 0.471. The highest BCUT2D eigenvalue weighted by Gasteiger charge is 2.29. The van der Waals surface area contributed by atoms with Gasteiger partial charge in [0.15, 0.2) is 5.96 Å². The molecule has 2 rings (SSSR count). The summed E-state index contributed by atoms with van der Waals surface area (Å²) in [6, 6.07) is 1.24. The van der Waals surface area contributed by atoms with E-state index in [9.17, 15) is 0 Å². The molecule has 2 fully saturated rings.